The molecule has 1 aliphatic carbocycles. The molecule has 0 bridgehead atoms. The molecule has 0 aromatic rings. The van der Waals surface area contributed by atoms with Crippen molar-refractivity contribution in [2.45, 2.75) is 44.2 Å². The van der Waals surface area contributed by atoms with Crippen LogP contribution in [0.25, 0.3) is 0 Å². The van der Waals surface area contributed by atoms with Crippen molar-refractivity contribution >= 4 is 5.91 Å². The SMILES string of the molecule is NC1CCC(C(=O)N2CCN3CCCC3C2)C1. The van der Waals surface area contributed by atoms with Gasteiger partial charge in [0.1, 0.15) is 0 Å². The minimum Gasteiger partial charge on any atom is -0.340 e. The van der Waals surface area contributed by atoms with Crippen LogP contribution in [-0.4, -0.2) is 54.0 Å². The van der Waals surface area contributed by atoms with Crippen LogP contribution in [0.5, 0.6) is 0 Å². The zero-order chi connectivity index (χ0) is 11.8. The zero-order valence-corrected chi connectivity index (χ0v) is 10.5. The Morgan fingerprint density at radius 1 is 1.12 bits per heavy atom. The number of amides is 1. The topological polar surface area (TPSA) is 49.6 Å². The molecule has 0 radical (unpaired) electrons. The lowest BCUT2D eigenvalue weighted by atomic mass is 10.0. The summed E-state index contributed by atoms with van der Waals surface area (Å²) in [4.78, 5) is 17.0. The number of carbonyl (C=O) groups is 1. The number of nitrogens with two attached hydrogens (primary N) is 1. The zero-order valence-electron chi connectivity index (χ0n) is 10.5. The number of carbonyl (C=O) groups excluding carboxylic acids is 1. The number of fused-ring (bicyclic) bond motifs is 1. The van der Waals surface area contributed by atoms with Gasteiger partial charge < -0.3 is 10.6 Å². The van der Waals surface area contributed by atoms with E-state index in [1.165, 1.54) is 19.4 Å². The summed E-state index contributed by atoms with van der Waals surface area (Å²) in [6, 6.07) is 0.902. The number of hydrogen-bond donors (Lipinski definition) is 1. The highest BCUT2D eigenvalue weighted by atomic mass is 16.2. The van der Waals surface area contributed by atoms with E-state index in [1.54, 1.807) is 0 Å². The van der Waals surface area contributed by atoms with Gasteiger partial charge >= 0.3 is 0 Å². The van der Waals surface area contributed by atoms with E-state index >= 15 is 0 Å². The van der Waals surface area contributed by atoms with E-state index in [2.05, 4.69) is 9.80 Å². The lowest BCUT2D eigenvalue weighted by molar-refractivity contribution is -0.138. The summed E-state index contributed by atoms with van der Waals surface area (Å²) in [7, 11) is 0. The molecule has 4 nitrogen and oxygen atoms in total. The smallest absolute Gasteiger partial charge is 0.225 e. The Balaban J connectivity index is 1.59. The molecule has 0 spiro atoms. The Bertz CT molecular complexity index is 307. The predicted octanol–water partition coefficient (Wildman–Crippen LogP) is 0.420. The van der Waals surface area contributed by atoms with Crippen molar-refractivity contribution in [1.29, 1.82) is 0 Å². The second-order valence-corrected chi connectivity index (χ2v) is 5.89. The van der Waals surface area contributed by atoms with E-state index in [-0.39, 0.29) is 12.0 Å². The Hall–Kier alpha value is -0.610. The largest absolute Gasteiger partial charge is 0.340 e. The third-order valence-electron chi connectivity index (χ3n) is 4.72. The van der Waals surface area contributed by atoms with Gasteiger partial charge in [0.2, 0.25) is 5.91 Å². The minimum atomic E-state index is 0.220. The van der Waals surface area contributed by atoms with E-state index in [0.717, 1.165) is 38.9 Å². The normalized spacial score (nSPS) is 38.4. The minimum absolute atomic E-state index is 0.220. The second kappa shape index (κ2) is 4.58. The maximum atomic E-state index is 12.4. The monoisotopic (exact) mass is 237 g/mol. The van der Waals surface area contributed by atoms with Gasteiger partial charge in [0.05, 0.1) is 0 Å². The third-order valence-corrected chi connectivity index (χ3v) is 4.72. The van der Waals surface area contributed by atoms with Gasteiger partial charge in [-0.2, -0.15) is 0 Å². The van der Waals surface area contributed by atoms with E-state index < -0.39 is 0 Å². The Morgan fingerprint density at radius 3 is 2.76 bits per heavy atom. The Labute approximate surface area is 103 Å². The molecule has 0 aromatic heterocycles. The van der Waals surface area contributed by atoms with Crippen molar-refractivity contribution in [2.75, 3.05) is 26.2 Å². The van der Waals surface area contributed by atoms with Gasteiger partial charge in [0, 0.05) is 37.6 Å². The van der Waals surface area contributed by atoms with Crippen LogP contribution in [0, 0.1) is 5.92 Å². The van der Waals surface area contributed by atoms with Crippen molar-refractivity contribution in [3.05, 3.63) is 0 Å². The summed E-state index contributed by atoms with van der Waals surface area (Å²) in [5.74, 6) is 0.599. The molecule has 1 saturated carbocycles. The quantitative estimate of drug-likeness (QED) is 0.719. The fraction of sp³-hybridized carbons (Fsp3) is 0.923. The van der Waals surface area contributed by atoms with Crippen LogP contribution in [0.2, 0.25) is 0 Å². The molecule has 3 unspecified atom stereocenters. The molecule has 0 aromatic carbocycles. The van der Waals surface area contributed by atoms with Gasteiger partial charge in [0.25, 0.3) is 0 Å². The molecule has 2 heterocycles. The molecule has 1 amide bonds. The number of nitrogens with zero attached hydrogens (tertiary/aromatic N) is 2. The van der Waals surface area contributed by atoms with E-state index in [1.807, 2.05) is 0 Å². The molecule has 3 atom stereocenters. The number of hydrogen-bond acceptors (Lipinski definition) is 3. The molecular formula is C13H23N3O. The molecule has 3 rings (SSSR count). The lowest BCUT2D eigenvalue weighted by Crippen LogP contribution is -2.53. The predicted molar refractivity (Wildman–Crippen MR) is 66.5 cm³/mol. The number of piperazine rings is 1. The summed E-state index contributed by atoms with van der Waals surface area (Å²) in [5.41, 5.74) is 5.90. The third kappa shape index (κ3) is 2.20. The summed E-state index contributed by atoms with van der Waals surface area (Å²) < 4.78 is 0. The molecule has 2 N–H and O–H groups in total. The Kier molecular flexibility index (Phi) is 3.09. The van der Waals surface area contributed by atoms with Crippen molar-refractivity contribution in [1.82, 2.24) is 9.80 Å². The average molecular weight is 237 g/mol. The standard InChI is InChI=1S/C13H23N3O/c14-11-4-3-10(8-11)13(17)16-7-6-15-5-1-2-12(15)9-16/h10-12H,1-9,14H2. The van der Waals surface area contributed by atoms with Gasteiger partial charge in [0.15, 0.2) is 0 Å². The molecule has 17 heavy (non-hydrogen) atoms. The highest BCUT2D eigenvalue weighted by Crippen LogP contribution is 2.28. The van der Waals surface area contributed by atoms with Crippen LogP contribution in [0.15, 0.2) is 0 Å². The summed E-state index contributed by atoms with van der Waals surface area (Å²) in [5, 5.41) is 0. The van der Waals surface area contributed by atoms with Crippen LogP contribution in [0.1, 0.15) is 32.1 Å². The molecule has 96 valence electrons. The van der Waals surface area contributed by atoms with Gasteiger partial charge in [-0.05, 0) is 38.6 Å². The van der Waals surface area contributed by atoms with E-state index in [4.69, 9.17) is 5.73 Å². The molecule has 2 aliphatic heterocycles. The maximum Gasteiger partial charge on any atom is 0.225 e. The van der Waals surface area contributed by atoms with E-state index in [0.29, 0.717) is 11.9 Å². The first-order valence-electron chi connectivity index (χ1n) is 7.02. The van der Waals surface area contributed by atoms with E-state index in [9.17, 15) is 4.79 Å². The second-order valence-electron chi connectivity index (χ2n) is 5.89. The van der Waals surface area contributed by atoms with Gasteiger partial charge in [-0.1, -0.05) is 0 Å². The first kappa shape index (κ1) is 11.5. The lowest BCUT2D eigenvalue weighted by Gasteiger charge is -2.38. The summed E-state index contributed by atoms with van der Waals surface area (Å²) in [6.45, 7) is 4.21. The van der Waals surface area contributed by atoms with Crippen molar-refractivity contribution in [3.8, 4) is 0 Å². The maximum absolute atomic E-state index is 12.4. The van der Waals surface area contributed by atoms with Gasteiger partial charge in [-0.25, -0.2) is 0 Å². The van der Waals surface area contributed by atoms with Crippen LogP contribution in [0.4, 0.5) is 0 Å². The fourth-order valence-corrected chi connectivity index (χ4v) is 3.69. The molecule has 3 fully saturated rings. The van der Waals surface area contributed by atoms with Crippen molar-refractivity contribution in [2.24, 2.45) is 11.7 Å². The summed E-state index contributed by atoms with van der Waals surface area (Å²) >= 11 is 0. The first-order chi connectivity index (χ1) is 8.24. The molecule has 3 aliphatic rings. The van der Waals surface area contributed by atoms with Crippen molar-refractivity contribution in [3.63, 3.8) is 0 Å². The summed E-state index contributed by atoms with van der Waals surface area (Å²) in [6.07, 6.45) is 5.52. The highest BCUT2D eigenvalue weighted by molar-refractivity contribution is 5.79. The van der Waals surface area contributed by atoms with Crippen molar-refractivity contribution < 1.29 is 4.79 Å². The average Bonchev–Trinajstić information content (AvgIpc) is 2.95. The van der Waals surface area contributed by atoms with Gasteiger partial charge in [-0.15, -0.1) is 0 Å². The molecule has 2 saturated heterocycles. The molecule has 4 heteroatoms. The highest BCUT2D eigenvalue weighted by Gasteiger charge is 2.36. The molecular weight excluding hydrogens is 214 g/mol. The Morgan fingerprint density at radius 2 is 2.00 bits per heavy atom. The first-order valence-corrected chi connectivity index (χ1v) is 7.02. The fourth-order valence-electron chi connectivity index (χ4n) is 3.69. The van der Waals surface area contributed by atoms with Crippen LogP contribution in [0.3, 0.4) is 0 Å². The van der Waals surface area contributed by atoms with Crippen LogP contribution < -0.4 is 5.73 Å². The van der Waals surface area contributed by atoms with Crippen LogP contribution >= 0.6 is 0 Å². The van der Waals surface area contributed by atoms with Crippen LogP contribution in [-0.2, 0) is 4.79 Å². The van der Waals surface area contributed by atoms with Gasteiger partial charge in [-0.3, -0.25) is 9.69 Å². The number of rotatable bonds is 1.